The molecule has 0 atom stereocenters. The molecule has 0 radical (unpaired) electrons. The molecule has 0 saturated carbocycles. The number of aliphatic hydroxyl groups is 2. The van der Waals surface area contributed by atoms with Crippen molar-refractivity contribution in [2.24, 2.45) is 5.41 Å². The maximum absolute atomic E-state index is 11.9. The molecule has 0 unspecified atom stereocenters. The van der Waals surface area contributed by atoms with Crippen LogP contribution in [0.25, 0.3) is 0 Å². The van der Waals surface area contributed by atoms with Crippen molar-refractivity contribution < 1.29 is 24.5 Å². The Morgan fingerprint density at radius 2 is 1.85 bits per heavy atom. The van der Waals surface area contributed by atoms with Gasteiger partial charge in [-0.1, -0.05) is 0 Å². The minimum absolute atomic E-state index is 0.0883. The molecule has 20 heavy (non-hydrogen) atoms. The number of hydrogen-bond donors (Lipinski definition) is 2. The van der Waals surface area contributed by atoms with Crippen molar-refractivity contribution >= 4 is 6.09 Å². The summed E-state index contributed by atoms with van der Waals surface area (Å²) in [5.41, 5.74) is -2.15. The van der Waals surface area contributed by atoms with Crippen molar-refractivity contribution in [3.63, 3.8) is 0 Å². The van der Waals surface area contributed by atoms with Gasteiger partial charge in [0.2, 0.25) is 0 Å². The van der Waals surface area contributed by atoms with Crippen LogP contribution in [0.5, 0.6) is 0 Å². The molecule has 6 nitrogen and oxygen atoms in total. The summed E-state index contributed by atoms with van der Waals surface area (Å²) >= 11 is 0. The number of β-amino-alcohol motifs (C(OH)–C–C–N with tert-alkyl or cyclic N) is 1. The highest BCUT2D eigenvalue weighted by molar-refractivity contribution is 5.69. The molecule has 116 valence electrons. The van der Waals surface area contributed by atoms with Gasteiger partial charge in [-0.15, -0.1) is 0 Å². The molecule has 2 saturated heterocycles. The number of ether oxygens (including phenoxy) is 2. The van der Waals surface area contributed by atoms with E-state index < -0.39 is 22.7 Å². The first-order valence-corrected chi connectivity index (χ1v) is 7.10. The normalized spacial score (nSPS) is 24.9. The van der Waals surface area contributed by atoms with Crippen LogP contribution in [0.1, 0.15) is 33.6 Å². The summed E-state index contributed by atoms with van der Waals surface area (Å²) in [4.78, 5) is 13.4. The fourth-order valence-electron chi connectivity index (χ4n) is 2.91. The van der Waals surface area contributed by atoms with Crippen LogP contribution in [0.2, 0.25) is 0 Å². The lowest BCUT2D eigenvalue weighted by Crippen LogP contribution is -2.72. The molecule has 0 aliphatic carbocycles. The lowest BCUT2D eigenvalue weighted by molar-refractivity contribution is -0.211. The Balaban J connectivity index is 1.97. The van der Waals surface area contributed by atoms with Gasteiger partial charge < -0.3 is 24.6 Å². The van der Waals surface area contributed by atoms with Crippen LogP contribution in [-0.2, 0) is 9.47 Å². The fraction of sp³-hybridized carbons (Fsp3) is 0.929. The van der Waals surface area contributed by atoms with Gasteiger partial charge in [0, 0.05) is 18.6 Å². The Kier molecular flexibility index (Phi) is 4.01. The maximum atomic E-state index is 11.9. The van der Waals surface area contributed by atoms with Crippen molar-refractivity contribution in [2.45, 2.75) is 44.8 Å². The monoisotopic (exact) mass is 287 g/mol. The van der Waals surface area contributed by atoms with E-state index in [9.17, 15) is 15.0 Å². The van der Waals surface area contributed by atoms with E-state index in [4.69, 9.17) is 9.47 Å². The zero-order valence-electron chi connectivity index (χ0n) is 12.5. The van der Waals surface area contributed by atoms with Crippen molar-refractivity contribution in [3.05, 3.63) is 0 Å². The second kappa shape index (κ2) is 5.16. The van der Waals surface area contributed by atoms with Crippen molar-refractivity contribution in [3.8, 4) is 0 Å². The topological polar surface area (TPSA) is 79.2 Å². The third-order valence-corrected chi connectivity index (χ3v) is 4.30. The highest BCUT2D eigenvalue weighted by Crippen LogP contribution is 2.45. The Bertz CT molecular complexity index is 364. The van der Waals surface area contributed by atoms with Crippen LogP contribution < -0.4 is 0 Å². The van der Waals surface area contributed by atoms with E-state index in [-0.39, 0.29) is 19.7 Å². The number of aliphatic hydroxyl groups excluding tert-OH is 1. The third-order valence-electron chi connectivity index (χ3n) is 4.30. The van der Waals surface area contributed by atoms with Crippen LogP contribution in [0.3, 0.4) is 0 Å². The average Bonchev–Trinajstić information content (AvgIpc) is 2.33. The second-order valence-corrected chi connectivity index (χ2v) is 6.92. The average molecular weight is 287 g/mol. The highest BCUT2D eigenvalue weighted by Gasteiger charge is 2.58. The SMILES string of the molecule is CC(C)(C)OC(=O)N1CC(O)(C2(CO)CCOCC2)C1. The minimum atomic E-state index is -1.04. The summed E-state index contributed by atoms with van der Waals surface area (Å²) in [6.07, 6.45) is 0.812. The van der Waals surface area contributed by atoms with Crippen molar-refractivity contribution in [1.29, 1.82) is 0 Å². The van der Waals surface area contributed by atoms with Gasteiger partial charge in [-0.2, -0.15) is 0 Å². The molecule has 2 fully saturated rings. The van der Waals surface area contributed by atoms with Crippen molar-refractivity contribution in [2.75, 3.05) is 32.9 Å². The Hall–Kier alpha value is -0.850. The number of hydrogen-bond acceptors (Lipinski definition) is 5. The Labute approximate surface area is 119 Å². The summed E-state index contributed by atoms with van der Waals surface area (Å²) in [6.45, 7) is 6.84. The molecule has 2 aliphatic rings. The molecule has 0 bridgehead atoms. The molecule has 1 amide bonds. The van der Waals surface area contributed by atoms with Gasteiger partial charge in [0.15, 0.2) is 0 Å². The van der Waals surface area contributed by atoms with Gasteiger partial charge in [0.25, 0.3) is 0 Å². The van der Waals surface area contributed by atoms with E-state index in [2.05, 4.69) is 0 Å². The molecule has 6 heteroatoms. The second-order valence-electron chi connectivity index (χ2n) is 6.92. The van der Waals surface area contributed by atoms with Gasteiger partial charge in [0.05, 0.1) is 19.7 Å². The first-order chi connectivity index (χ1) is 9.21. The van der Waals surface area contributed by atoms with Crippen LogP contribution >= 0.6 is 0 Å². The van der Waals surface area contributed by atoms with E-state index in [1.807, 2.05) is 20.8 Å². The molecular weight excluding hydrogens is 262 g/mol. The quantitative estimate of drug-likeness (QED) is 0.784. The maximum Gasteiger partial charge on any atom is 0.410 e. The first-order valence-electron chi connectivity index (χ1n) is 7.10. The summed E-state index contributed by atoms with van der Waals surface area (Å²) < 4.78 is 10.6. The number of amides is 1. The van der Waals surface area contributed by atoms with E-state index in [1.54, 1.807) is 0 Å². The predicted octanol–water partition coefficient (Wildman–Crippen LogP) is 0.757. The fourth-order valence-corrected chi connectivity index (χ4v) is 2.91. The zero-order valence-corrected chi connectivity index (χ0v) is 12.5. The van der Waals surface area contributed by atoms with E-state index in [0.29, 0.717) is 26.1 Å². The van der Waals surface area contributed by atoms with Gasteiger partial charge in [-0.25, -0.2) is 4.79 Å². The molecule has 0 aromatic heterocycles. The minimum Gasteiger partial charge on any atom is -0.444 e. The van der Waals surface area contributed by atoms with E-state index in [0.717, 1.165) is 0 Å². The molecule has 0 aromatic rings. The van der Waals surface area contributed by atoms with Gasteiger partial charge in [-0.3, -0.25) is 0 Å². The molecule has 2 N–H and O–H groups in total. The number of rotatable bonds is 2. The van der Waals surface area contributed by atoms with Crippen LogP contribution in [0.4, 0.5) is 4.79 Å². The zero-order chi connectivity index (χ0) is 15.0. The summed E-state index contributed by atoms with van der Waals surface area (Å²) in [7, 11) is 0. The largest absolute Gasteiger partial charge is 0.444 e. The third kappa shape index (κ3) is 2.77. The number of nitrogens with zero attached hydrogens (tertiary/aromatic N) is 1. The lowest BCUT2D eigenvalue weighted by Gasteiger charge is -2.57. The van der Waals surface area contributed by atoms with Crippen LogP contribution in [-0.4, -0.2) is 65.3 Å². The highest BCUT2D eigenvalue weighted by atomic mass is 16.6. The summed E-state index contributed by atoms with van der Waals surface area (Å²) in [5.74, 6) is 0. The molecule has 2 rings (SSSR count). The van der Waals surface area contributed by atoms with Gasteiger partial charge >= 0.3 is 6.09 Å². The van der Waals surface area contributed by atoms with Crippen LogP contribution in [0, 0.1) is 5.41 Å². The molecule has 2 heterocycles. The summed E-state index contributed by atoms with van der Waals surface area (Å²) in [6, 6.07) is 0. The van der Waals surface area contributed by atoms with Crippen molar-refractivity contribution in [1.82, 2.24) is 4.90 Å². The van der Waals surface area contributed by atoms with Crippen LogP contribution in [0.15, 0.2) is 0 Å². The van der Waals surface area contributed by atoms with Gasteiger partial charge in [0.1, 0.15) is 11.2 Å². The number of likely N-dealkylation sites (tertiary alicyclic amines) is 1. The Morgan fingerprint density at radius 3 is 2.30 bits per heavy atom. The molecule has 2 aliphatic heterocycles. The lowest BCUT2D eigenvalue weighted by atomic mass is 9.63. The first kappa shape index (κ1) is 15.5. The van der Waals surface area contributed by atoms with E-state index >= 15 is 0 Å². The molecule has 0 spiro atoms. The summed E-state index contributed by atoms with van der Waals surface area (Å²) in [5, 5.41) is 20.4. The molecule has 0 aromatic carbocycles. The van der Waals surface area contributed by atoms with E-state index in [1.165, 1.54) is 4.90 Å². The number of carbonyl (C=O) groups excluding carboxylic acids is 1. The number of carbonyl (C=O) groups is 1. The predicted molar refractivity (Wildman–Crippen MR) is 72.3 cm³/mol. The molecular formula is C14H25NO5. The smallest absolute Gasteiger partial charge is 0.410 e. The van der Waals surface area contributed by atoms with Gasteiger partial charge in [-0.05, 0) is 33.6 Å². The Morgan fingerprint density at radius 1 is 1.30 bits per heavy atom. The standard InChI is InChI=1S/C14H25NO5/c1-12(2,3)20-11(17)15-8-14(18,9-15)13(10-16)4-6-19-7-5-13/h16,18H,4-10H2,1-3H3.